The fraction of sp³-hybridized carbons (Fsp3) is 0.0714. The fourth-order valence-corrected chi connectivity index (χ4v) is 2.86. The van der Waals surface area contributed by atoms with Gasteiger partial charge >= 0.3 is 0 Å². The smallest absolute Gasteiger partial charge is 0.119 e. The van der Waals surface area contributed by atoms with Gasteiger partial charge in [0.15, 0.2) is 0 Å². The Hall–Kier alpha value is -1.80. The number of halogens is 3. The third-order valence-corrected chi connectivity index (χ3v) is 4.52. The number of allylic oxidation sites excluding steroid dienone is 1. The van der Waals surface area contributed by atoms with Gasteiger partial charge in [0.05, 0.1) is 15.1 Å². The average molecular weight is 340 g/mol. The maximum Gasteiger partial charge on any atom is 0.119 e. The lowest BCUT2D eigenvalue weighted by Crippen LogP contribution is -2.22. The highest BCUT2D eigenvalue weighted by molar-refractivity contribution is 6.48. The van der Waals surface area contributed by atoms with E-state index >= 15 is 0 Å². The van der Waals surface area contributed by atoms with E-state index in [2.05, 4.69) is 11.4 Å². The van der Waals surface area contributed by atoms with Crippen molar-refractivity contribution in [2.45, 2.75) is 0 Å². The molecular formula is C14H9Cl3N4. The number of hydrogen-bond acceptors (Lipinski definition) is 4. The monoisotopic (exact) mass is 338 g/mol. The molecule has 0 bridgehead atoms. The highest BCUT2D eigenvalue weighted by Crippen LogP contribution is 2.38. The molecule has 0 spiro atoms. The summed E-state index contributed by atoms with van der Waals surface area (Å²) in [6.07, 6.45) is 3.65. The SMILES string of the molecule is N#CC1=C(N)NC=C2CN(c3cc(Cl)c(Cl)c(Cl)c3)C=C21. The van der Waals surface area contributed by atoms with Gasteiger partial charge in [0.25, 0.3) is 0 Å². The minimum absolute atomic E-state index is 0.328. The quantitative estimate of drug-likeness (QED) is 0.768. The van der Waals surface area contributed by atoms with Gasteiger partial charge in [0, 0.05) is 30.2 Å². The van der Waals surface area contributed by atoms with E-state index in [4.69, 9.17) is 40.5 Å². The number of fused-ring (bicyclic) bond motifs is 1. The lowest BCUT2D eigenvalue weighted by molar-refractivity contribution is 0.962. The van der Waals surface area contributed by atoms with E-state index in [1.807, 2.05) is 11.1 Å². The number of nitrogens with two attached hydrogens (primary N) is 1. The summed E-state index contributed by atoms with van der Waals surface area (Å²) in [6.45, 7) is 0.592. The van der Waals surface area contributed by atoms with Gasteiger partial charge in [-0.3, -0.25) is 0 Å². The fourth-order valence-electron chi connectivity index (χ4n) is 2.28. The molecule has 0 saturated carbocycles. The highest BCUT2D eigenvalue weighted by Gasteiger charge is 2.27. The summed E-state index contributed by atoms with van der Waals surface area (Å²) in [5.74, 6) is 0.349. The van der Waals surface area contributed by atoms with Gasteiger partial charge in [-0.1, -0.05) is 34.8 Å². The van der Waals surface area contributed by atoms with Crippen molar-refractivity contribution in [1.29, 1.82) is 5.26 Å². The predicted molar refractivity (Wildman–Crippen MR) is 84.9 cm³/mol. The lowest BCUT2D eigenvalue weighted by atomic mass is 10.0. The van der Waals surface area contributed by atoms with Crippen LogP contribution in [0.5, 0.6) is 0 Å². The second kappa shape index (κ2) is 5.19. The minimum Gasteiger partial charge on any atom is -0.384 e. The summed E-state index contributed by atoms with van der Waals surface area (Å²) in [5, 5.41) is 13.2. The van der Waals surface area contributed by atoms with E-state index in [0.717, 1.165) is 16.8 Å². The van der Waals surface area contributed by atoms with Crippen molar-refractivity contribution >= 4 is 40.5 Å². The van der Waals surface area contributed by atoms with E-state index in [1.54, 1.807) is 18.3 Å². The van der Waals surface area contributed by atoms with Crippen LogP contribution in [0.4, 0.5) is 5.69 Å². The van der Waals surface area contributed by atoms with E-state index in [9.17, 15) is 5.26 Å². The molecule has 21 heavy (non-hydrogen) atoms. The van der Waals surface area contributed by atoms with E-state index in [-0.39, 0.29) is 0 Å². The van der Waals surface area contributed by atoms with Crippen LogP contribution in [0.3, 0.4) is 0 Å². The lowest BCUT2D eigenvalue weighted by Gasteiger charge is -2.17. The predicted octanol–water partition coefficient (Wildman–Crippen LogP) is 3.53. The molecule has 1 aromatic carbocycles. The maximum absolute atomic E-state index is 9.22. The van der Waals surface area contributed by atoms with Crippen molar-refractivity contribution in [3.05, 3.63) is 62.1 Å². The Morgan fingerprint density at radius 3 is 2.52 bits per heavy atom. The molecule has 0 amide bonds. The summed E-state index contributed by atoms with van der Waals surface area (Å²) >= 11 is 18.1. The van der Waals surface area contributed by atoms with Crippen LogP contribution < -0.4 is 16.0 Å². The molecule has 2 aliphatic rings. The normalized spacial score (nSPS) is 17.0. The van der Waals surface area contributed by atoms with Gasteiger partial charge < -0.3 is 16.0 Å². The van der Waals surface area contributed by atoms with Crippen molar-refractivity contribution in [2.24, 2.45) is 5.73 Å². The Morgan fingerprint density at radius 1 is 1.24 bits per heavy atom. The minimum atomic E-state index is 0.328. The largest absolute Gasteiger partial charge is 0.384 e. The number of anilines is 1. The van der Waals surface area contributed by atoms with Crippen molar-refractivity contribution in [3.63, 3.8) is 0 Å². The van der Waals surface area contributed by atoms with Crippen LogP contribution in [0.15, 0.2) is 47.1 Å². The van der Waals surface area contributed by atoms with Gasteiger partial charge in [-0.2, -0.15) is 5.26 Å². The highest BCUT2D eigenvalue weighted by atomic mass is 35.5. The van der Waals surface area contributed by atoms with Crippen LogP contribution in [0.25, 0.3) is 0 Å². The van der Waals surface area contributed by atoms with Crippen LogP contribution in [0.2, 0.25) is 15.1 Å². The second-order valence-corrected chi connectivity index (χ2v) is 5.80. The van der Waals surface area contributed by atoms with Crippen molar-refractivity contribution < 1.29 is 0 Å². The van der Waals surface area contributed by atoms with Gasteiger partial charge in [0.2, 0.25) is 0 Å². The second-order valence-electron chi connectivity index (χ2n) is 4.61. The molecule has 2 aliphatic heterocycles. The standard InChI is InChI=1S/C14H9Cl3N4/c15-11-1-8(2-12(16)13(11)17)21-5-7-4-20-14(19)9(3-18)10(7)6-21/h1-2,4,6,20H,5,19H2. The van der Waals surface area contributed by atoms with Gasteiger partial charge in [-0.15, -0.1) is 0 Å². The molecule has 4 nitrogen and oxygen atoms in total. The first kappa shape index (κ1) is 14.2. The Balaban J connectivity index is 2.03. The number of rotatable bonds is 1. The Kier molecular flexibility index (Phi) is 3.50. The third-order valence-electron chi connectivity index (χ3n) is 3.32. The van der Waals surface area contributed by atoms with Gasteiger partial charge in [0.1, 0.15) is 17.5 Å². The number of nitrogens with zero attached hydrogens (tertiary/aromatic N) is 2. The molecule has 0 aromatic heterocycles. The van der Waals surface area contributed by atoms with Gasteiger partial charge in [-0.25, -0.2) is 0 Å². The zero-order valence-electron chi connectivity index (χ0n) is 10.6. The molecule has 0 radical (unpaired) electrons. The number of dihydropyridines is 1. The summed E-state index contributed by atoms with van der Waals surface area (Å²) in [7, 11) is 0. The molecule has 106 valence electrons. The molecule has 0 aliphatic carbocycles. The molecular weight excluding hydrogens is 331 g/mol. The summed E-state index contributed by atoms with van der Waals surface area (Å²) in [5.41, 5.74) is 8.79. The zero-order valence-corrected chi connectivity index (χ0v) is 12.9. The van der Waals surface area contributed by atoms with Crippen molar-refractivity contribution in [1.82, 2.24) is 5.32 Å². The maximum atomic E-state index is 9.22. The zero-order chi connectivity index (χ0) is 15.1. The van der Waals surface area contributed by atoms with Crippen LogP contribution in [0, 0.1) is 11.3 Å². The molecule has 0 saturated heterocycles. The summed E-state index contributed by atoms with van der Waals surface area (Å²) < 4.78 is 0. The average Bonchev–Trinajstić information content (AvgIpc) is 2.88. The van der Waals surface area contributed by atoms with E-state index < -0.39 is 0 Å². The number of hydrogen-bond donors (Lipinski definition) is 2. The van der Waals surface area contributed by atoms with Crippen molar-refractivity contribution in [2.75, 3.05) is 11.4 Å². The van der Waals surface area contributed by atoms with Gasteiger partial charge in [-0.05, 0) is 17.7 Å². The Labute approximate surface area is 136 Å². The molecule has 0 atom stereocenters. The van der Waals surface area contributed by atoms with E-state index in [0.29, 0.717) is 33.0 Å². The molecule has 7 heteroatoms. The molecule has 0 fully saturated rings. The first-order chi connectivity index (χ1) is 10.0. The van der Waals surface area contributed by atoms with Crippen LogP contribution in [-0.2, 0) is 0 Å². The van der Waals surface area contributed by atoms with E-state index in [1.165, 1.54) is 0 Å². The summed E-state index contributed by atoms with van der Waals surface area (Å²) in [6, 6.07) is 5.58. The third kappa shape index (κ3) is 2.34. The number of nitriles is 1. The molecule has 2 heterocycles. The summed E-state index contributed by atoms with van der Waals surface area (Å²) in [4.78, 5) is 1.94. The molecule has 3 rings (SSSR count). The number of nitrogens with one attached hydrogen (secondary N) is 1. The Bertz CT molecular complexity index is 748. The van der Waals surface area contributed by atoms with Crippen LogP contribution >= 0.6 is 34.8 Å². The molecule has 0 unspecified atom stereocenters. The number of benzene rings is 1. The van der Waals surface area contributed by atoms with Crippen LogP contribution in [-0.4, -0.2) is 6.54 Å². The molecule has 1 aromatic rings. The Morgan fingerprint density at radius 2 is 1.90 bits per heavy atom. The van der Waals surface area contributed by atoms with Crippen LogP contribution in [0.1, 0.15) is 0 Å². The first-order valence-corrected chi connectivity index (χ1v) is 7.14. The first-order valence-electron chi connectivity index (χ1n) is 6.00. The topological polar surface area (TPSA) is 65.1 Å². The van der Waals surface area contributed by atoms with Crippen molar-refractivity contribution in [3.8, 4) is 6.07 Å². The molecule has 3 N–H and O–H groups in total.